The summed E-state index contributed by atoms with van der Waals surface area (Å²) < 4.78 is 30.5. The van der Waals surface area contributed by atoms with Gasteiger partial charge in [0.2, 0.25) is 11.8 Å². The van der Waals surface area contributed by atoms with Crippen LogP contribution in [0.2, 0.25) is 0 Å². The van der Waals surface area contributed by atoms with E-state index in [4.69, 9.17) is 13.9 Å². The predicted molar refractivity (Wildman–Crippen MR) is 121 cm³/mol. The first-order valence-corrected chi connectivity index (χ1v) is 10.5. The van der Waals surface area contributed by atoms with Crippen LogP contribution in [-0.2, 0) is 9.59 Å². The van der Waals surface area contributed by atoms with Crippen molar-refractivity contribution in [2.75, 3.05) is 31.6 Å². The lowest BCUT2D eigenvalue weighted by molar-refractivity contribution is -0.130. The summed E-state index contributed by atoms with van der Waals surface area (Å²) in [7, 11) is 0. The number of carbonyl (C=O) groups is 2. The summed E-state index contributed by atoms with van der Waals surface area (Å²) in [6, 6.07) is 14.7. The predicted octanol–water partition coefficient (Wildman–Crippen LogP) is 4.36. The Balaban J connectivity index is 1.36. The zero-order valence-corrected chi connectivity index (χ0v) is 18.0. The van der Waals surface area contributed by atoms with Crippen molar-refractivity contribution in [3.8, 4) is 22.8 Å². The molecule has 0 aliphatic carbocycles. The normalized spacial score (nSPS) is 12.5. The second-order valence-corrected chi connectivity index (χ2v) is 7.27. The van der Waals surface area contributed by atoms with Crippen LogP contribution in [0.4, 0.5) is 10.1 Å². The maximum atomic E-state index is 13.9. The molecule has 1 aliphatic rings. The molecular formula is C25H23FN2O5. The molecule has 0 fully saturated rings. The van der Waals surface area contributed by atoms with E-state index in [0.29, 0.717) is 54.0 Å². The van der Waals surface area contributed by atoms with Crippen molar-refractivity contribution in [2.24, 2.45) is 0 Å². The Hall–Kier alpha value is -4.07. The number of fused-ring (bicyclic) bond motifs is 1. The molecule has 3 aromatic rings. The van der Waals surface area contributed by atoms with Crippen LogP contribution in [0.3, 0.4) is 0 Å². The third-order valence-corrected chi connectivity index (χ3v) is 5.01. The average molecular weight is 450 g/mol. The van der Waals surface area contributed by atoms with Gasteiger partial charge in [-0.1, -0.05) is 12.1 Å². The van der Waals surface area contributed by atoms with E-state index in [2.05, 4.69) is 5.32 Å². The van der Waals surface area contributed by atoms with E-state index in [1.807, 2.05) is 0 Å². The Morgan fingerprint density at radius 3 is 2.64 bits per heavy atom. The molecule has 4 rings (SSSR count). The van der Waals surface area contributed by atoms with Gasteiger partial charge < -0.3 is 24.1 Å². The number of nitrogens with zero attached hydrogens (tertiary/aromatic N) is 1. The van der Waals surface area contributed by atoms with Gasteiger partial charge >= 0.3 is 0 Å². The Labute approximate surface area is 190 Å². The third-order valence-electron chi connectivity index (χ3n) is 5.01. The van der Waals surface area contributed by atoms with Crippen LogP contribution in [0.1, 0.15) is 12.7 Å². The standard InChI is InChI=1S/C25H23FN2O5/c1-2-28(16-24(29)27-17-7-10-22-23(15-17)32-14-13-31-22)25(30)12-9-18-8-11-21(33-18)19-5-3-4-6-20(19)26/h3-12,15H,2,13-14,16H2,1H3,(H,27,29). The highest BCUT2D eigenvalue weighted by atomic mass is 19.1. The molecule has 8 heteroatoms. The fraction of sp³-hybridized carbons (Fsp3) is 0.200. The van der Waals surface area contributed by atoms with Crippen LogP contribution in [-0.4, -0.2) is 43.0 Å². The quantitative estimate of drug-likeness (QED) is 0.541. The molecule has 170 valence electrons. The Morgan fingerprint density at radius 1 is 1.06 bits per heavy atom. The number of furan rings is 1. The minimum atomic E-state index is -0.389. The molecule has 0 atom stereocenters. The number of amides is 2. The van der Waals surface area contributed by atoms with Crippen LogP contribution in [0.15, 0.2) is 65.1 Å². The molecule has 1 N–H and O–H groups in total. The number of nitrogens with one attached hydrogen (secondary N) is 1. The summed E-state index contributed by atoms with van der Waals surface area (Å²) in [5, 5.41) is 2.77. The average Bonchev–Trinajstić information content (AvgIpc) is 3.30. The monoisotopic (exact) mass is 450 g/mol. The summed E-state index contributed by atoms with van der Waals surface area (Å²) in [6.45, 7) is 2.95. The number of rotatable bonds is 7. The molecular weight excluding hydrogens is 427 g/mol. The molecule has 0 saturated carbocycles. The number of likely N-dealkylation sites (N-methyl/N-ethyl adjacent to an activating group) is 1. The third kappa shape index (κ3) is 5.41. The minimum Gasteiger partial charge on any atom is -0.486 e. The van der Waals surface area contributed by atoms with Crippen LogP contribution < -0.4 is 14.8 Å². The highest BCUT2D eigenvalue weighted by molar-refractivity contribution is 5.98. The molecule has 0 spiro atoms. The van der Waals surface area contributed by atoms with E-state index in [9.17, 15) is 14.0 Å². The van der Waals surface area contributed by atoms with E-state index in [-0.39, 0.29) is 24.2 Å². The molecule has 0 unspecified atom stereocenters. The summed E-state index contributed by atoms with van der Waals surface area (Å²) in [6.07, 6.45) is 2.82. The molecule has 7 nitrogen and oxygen atoms in total. The van der Waals surface area contributed by atoms with Gasteiger partial charge in [0.25, 0.3) is 0 Å². The van der Waals surface area contributed by atoms with Crippen molar-refractivity contribution >= 4 is 23.6 Å². The van der Waals surface area contributed by atoms with Gasteiger partial charge in [-0.15, -0.1) is 0 Å². The van der Waals surface area contributed by atoms with Crippen molar-refractivity contribution in [3.63, 3.8) is 0 Å². The lowest BCUT2D eigenvalue weighted by Gasteiger charge is -2.20. The van der Waals surface area contributed by atoms with Gasteiger partial charge in [-0.05, 0) is 49.4 Å². The van der Waals surface area contributed by atoms with Crippen LogP contribution in [0.25, 0.3) is 17.4 Å². The molecule has 2 heterocycles. The highest BCUT2D eigenvalue weighted by Crippen LogP contribution is 2.32. The Kier molecular flexibility index (Phi) is 6.73. The van der Waals surface area contributed by atoms with Crippen molar-refractivity contribution in [2.45, 2.75) is 6.92 Å². The van der Waals surface area contributed by atoms with Crippen LogP contribution in [0, 0.1) is 5.82 Å². The zero-order valence-electron chi connectivity index (χ0n) is 18.0. The molecule has 1 aromatic heterocycles. The van der Waals surface area contributed by atoms with Gasteiger partial charge in [-0.3, -0.25) is 9.59 Å². The molecule has 0 saturated heterocycles. The lowest BCUT2D eigenvalue weighted by atomic mass is 10.1. The maximum absolute atomic E-state index is 13.9. The fourth-order valence-corrected chi connectivity index (χ4v) is 3.35. The second-order valence-electron chi connectivity index (χ2n) is 7.27. The first kappa shape index (κ1) is 22.1. The van der Waals surface area contributed by atoms with E-state index >= 15 is 0 Å². The van der Waals surface area contributed by atoms with E-state index < -0.39 is 0 Å². The zero-order chi connectivity index (χ0) is 23.2. The van der Waals surface area contributed by atoms with Crippen molar-refractivity contribution in [3.05, 3.63) is 72.3 Å². The SMILES string of the molecule is CCN(CC(=O)Nc1ccc2c(c1)OCCO2)C(=O)C=Cc1ccc(-c2ccccc2F)o1. The van der Waals surface area contributed by atoms with Crippen molar-refractivity contribution < 1.29 is 27.9 Å². The smallest absolute Gasteiger partial charge is 0.247 e. The molecule has 33 heavy (non-hydrogen) atoms. The minimum absolute atomic E-state index is 0.118. The van der Waals surface area contributed by atoms with Gasteiger partial charge in [-0.2, -0.15) is 0 Å². The van der Waals surface area contributed by atoms with E-state index in [1.54, 1.807) is 55.5 Å². The van der Waals surface area contributed by atoms with E-state index in [1.165, 1.54) is 23.1 Å². The van der Waals surface area contributed by atoms with Gasteiger partial charge in [-0.25, -0.2) is 4.39 Å². The van der Waals surface area contributed by atoms with Gasteiger partial charge in [0, 0.05) is 24.4 Å². The molecule has 0 bridgehead atoms. The number of hydrogen-bond acceptors (Lipinski definition) is 5. The topological polar surface area (TPSA) is 81.0 Å². The van der Waals surface area contributed by atoms with Gasteiger partial charge in [0.1, 0.15) is 37.1 Å². The largest absolute Gasteiger partial charge is 0.486 e. The first-order valence-electron chi connectivity index (χ1n) is 10.5. The van der Waals surface area contributed by atoms with Crippen LogP contribution >= 0.6 is 0 Å². The maximum Gasteiger partial charge on any atom is 0.247 e. The number of anilines is 1. The van der Waals surface area contributed by atoms with Crippen molar-refractivity contribution in [1.29, 1.82) is 0 Å². The summed E-state index contributed by atoms with van der Waals surface area (Å²) in [4.78, 5) is 26.4. The van der Waals surface area contributed by atoms with Crippen LogP contribution in [0.5, 0.6) is 11.5 Å². The first-order chi connectivity index (χ1) is 16.0. The number of halogens is 1. The van der Waals surface area contributed by atoms with Gasteiger partial charge in [0.15, 0.2) is 11.5 Å². The van der Waals surface area contributed by atoms with Gasteiger partial charge in [0.05, 0.1) is 5.56 Å². The number of hydrogen-bond donors (Lipinski definition) is 1. The number of ether oxygens (including phenoxy) is 2. The Bertz CT molecular complexity index is 1190. The molecule has 1 aliphatic heterocycles. The lowest BCUT2D eigenvalue weighted by Crippen LogP contribution is -2.36. The highest BCUT2D eigenvalue weighted by Gasteiger charge is 2.16. The number of benzene rings is 2. The Morgan fingerprint density at radius 2 is 1.85 bits per heavy atom. The summed E-state index contributed by atoms with van der Waals surface area (Å²) >= 11 is 0. The summed E-state index contributed by atoms with van der Waals surface area (Å²) in [5.74, 6) is 0.891. The fourth-order valence-electron chi connectivity index (χ4n) is 3.35. The molecule has 2 aromatic carbocycles. The molecule has 0 radical (unpaired) electrons. The number of carbonyl (C=O) groups excluding carboxylic acids is 2. The molecule has 2 amide bonds. The van der Waals surface area contributed by atoms with E-state index in [0.717, 1.165) is 0 Å². The summed E-state index contributed by atoms with van der Waals surface area (Å²) in [5.41, 5.74) is 0.897. The second kappa shape index (κ2) is 10.0. The van der Waals surface area contributed by atoms with Crippen molar-refractivity contribution in [1.82, 2.24) is 4.90 Å².